The second-order valence-corrected chi connectivity index (χ2v) is 5.36. The third-order valence-electron chi connectivity index (χ3n) is 3.90. The Labute approximate surface area is 108 Å². The highest BCUT2D eigenvalue weighted by molar-refractivity contribution is 4.72. The number of hydrogen-bond donors (Lipinski definition) is 1. The molecular formula is C15H31NO. The summed E-state index contributed by atoms with van der Waals surface area (Å²) in [5, 5.41) is 3.67. The monoisotopic (exact) mass is 241 g/mol. The lowest BCUT2D eigenvalue weighted by Gasteiger charge is -2.20. The SMILES string of the molecule is CCCNC(CCOCC)CCC1CCCC1. The third-order valence-corrected chi connectivity index (χ3v) is 3.90. The molecule has 1 rings (SSSR count). The number of rotatable bonds is 10. The van der Waals surface area contributed by atoms with Crippen LogP contribution in [0.5, 0.6) is 0 Å². The van der Waals surface area contributed by atoms with Crippen LogP contribution in [0.4, 0.5) is 0 Å². The standard InChI is InChI=1S/C15H31NO/c1-3-12-16-15(11-13-17-4-2)10-9-14-7-5-6-8-14/h14-16H,3-13H2,1-2H3. The summed E-state index contributed by atoms with van der Waals surface area (Å²) in [6.07, 6.45) is 11.1. The zero-order valence-corrected chi connectivity index (χ0v) is 11.8. The predicted molar refractivity (Wildman–Crippen MR) is 74.4 cm³/mol. The molecule has 0 spiro atoms. The van der Waals surface area contributed by atoms with Gasteiger partial charge in [-0.2, -0.15) is 0 Å². The van der Waals surface area contributed by atoms with E-state index >= 15 is 0 Å². The molecule has 0 amide bonds. The summed E-state index contributed by atoms with van der Waals surface area (Å²) in [4.78, 5) is 0. The zero-order valence-electron chi connectivity index (χ0n) is 11.8. The molecule has 0 bridgehead atoms. The van der Waals surface area contributed by atoms with Gasteiger partial charge in [-0.15, -0.1) is 0 Å². The Morgan fingerprint density at radius 3 is 2.59 bits per heavy atom. The molecule has 1 atom stereocenters. The van der Waals surface area contributed by atoms with Crippen molar-refractivity contribution in [3.63, 3.8) is 0 Å². The largest absolute Gasteiger partial charge is 0.382 e. The van der Waals surface area contributed by atoms with Gasteiger partial charge in [-0.3, -0.25) is 0 Å². The molecule has 2 heteroatoms. The Morgan fingerprint density at radius 1 is 1.18 bits per heavy atom. The molecule has 102 valence electrons. The van der Waals surface area contributed by atoms with Gasteiger partial charge < -0.3 is 10.1 Å². The van der Waals surface area contributed by atoms with E-state index in [0.29, 0.717) is 6.04 Å². The van der Waals surface area contributed by atoms with Gasteiger partial charge in [0.2, 0.25) is 0 Å². The van der Waals surface area contributed by atoms with Crippen molar-refractivity contribution in [2.45, 2.75) is 71.3 Å². The summed E-state index contributed by atoms with van der Waals surface area (Å²) >= 11 is 0. The van der Waals surface area contributed by atoms with Crippen LogP contribution in [-0.2, 0) is 4.74 Å². The van der Waals surface area contributed by atoms with Crippen molar-refractivity contribution in [1.82, 2.24) is 5.32 Å². The highest BCUT2D eigenvalue weighted by Gasteiger charge is 2.17. The fourth-order valence-electron chi connectivity index (χ4n) is 2.80. The molecule has 0 aromatic heterocycles. The van der Waals surface area contributed by atoms with Gasteiger partial charge in [-0.05, 0) is 45.1 Å². The maximum absolute atomic E-state index is 5.48. The van der Waals surface area contributed by atoms with Crippen LogP contribution < -0.4 is 5.32 Å². The molecule has 0 heterocycles. The van der Waals surface area contributed by atoms with Crippen molar-refractivity contribution in [1.29, 1.82) is 0 Å². The van der Waals surface area contributed by atoms with Crippen LogP contribution in [0.2, 0.25) is 0 Å². The minimum Gasteiger partial charge on any atom is -0.382 e. The van der Waals surface area contributed by atoms with Crippen LogP contribution in [-0.4, -0.2) is 25.8 Å². The summed E-state index contributed by atoms with van der Waals surface area (Å²) in [6.45, 7) is 7.24. The van der Waals surface area contributed by atoms with Gasteiger partial charge >= 0.3 is 0 Å². The molecule has 0 aliphatic heterocycles. The molecule has 0 radical (unpaired) electrons. The van der Waals surface area contributed by atoms with Crippen LogP contribution in [0.3, 0.4) is 0 Å². The highest BCUT2D eigenvalue weighted by atomic mass is 16.5. The zero-order chi connectivity index (χ0) is 12.3. The van der Waals surface area contributed by atoms with Crippen molar-refractivity contribution in [2.24, 2.45) is 5.92 Å². The quantitative estimate of drug-likeness (QED) is 0.588. The van der Waals surface area contributed by atoms with E-state index in [-0.39, 0.29) is 0 Å². The Balaban J connectivity index is 2.13. The minimum absolute atomic E-state index is 0.682. The predicted octanol–water partition coefficient (Wildman–Crippen LogP) is 3.75. The van der Waals surface area contributed by atoms with E-state index in [2.05, 4.69) is 19.2 Å². The average Bonchev–Trinajstić information content (AvgIpc) is 2.85. The van der Waals surface area contributed by atoms with Gasteiger partial charge in [0.1, 0.15) is 0 Å². The molecule has 2 nitrogen and oxygen atoms in total. The number of nitrogens with one attached hydrogen (secondary N) is 1. The number of hydrogen-bond acceptors (Lipinski definition) is 2. The van der Waals surface area contributed by atoms with Crippen molar-refractivity contribution in [3.05, 3.63) is 0 Å². The molecule has 1 unspecified atom stereocenters. The molecule has 0 aromatic carbocycles. The van der Waals surface area contributed by atoms with Crippen LogP contribution >= 0.6 is 0 Å². The van der Waals surface area contributed by atoms with Gasteiger partial charge in [0.15, 0.2) is 0 Å². The van der Waals surface area contributed by atoms with Crippen molar-refractivity contribution < 1.29 is 4.74 Å². The van der Waals surface area contributed by atoms with Gasteiger partial charge in [0, 0.05) is 19.3 Å². The average molecular weight is 241 g/mol. The smallest absolute Gasteiger partial charge is 0.0480 e. The summed E-state index contributed by atoms with van der Waals surface area (Å²) in [5.74, 6) is 1.02. The maximum Gasteiger partial charge on any atom is 0.0480 e. The molecule has 1 saturated carbocycles. The first-order chi connectivity index (χ1) is 8.36. The molecule has 0 saturated heterocycles. The van der Waals surface area contributed by atoms with E-state index in [4.69, 9.17) is 4.74 Å². The van der Waals surface area contributed by atoms with Crippen LogP contribution in [0.1, 0.15) is 65.2 Å². The Hall–Kier alpha value is -0.0800. The molecular weight excluding hydrogens is 210 g/mol. The first-order valence-electron chi connectivity index (χ1n) is 7.68. The molecule has 17 heavy (non-hydrogen) atoms. The van der Waals surface area contributed by atoms with E-state index < -0.39 is 0 Å². The van der Waals surface area contributed by atoms with E-state index in [1.165, 1.54) is 51.4 Å². The fourth-order valence-corrected chi connectivity index (χ4v) is 2.80. The van der Waals surface area contributed by atoms with Crippen molar-refractivity contribution in [2.75, 3.05) is 19.8 Å². The molecule has 1 fully saturated rings. The topological polar surface area (TPSA) is 21.3 Å². The summed E-state index contributed by atoms with van der Waals surface area (Å²) in [5.41, 5.74) is 0. The first kappa shape index (κ1) is 15.0. The molecule has 0 aromatic rings. The van der Waals surface area contributed by atoms with Gasteiger partial charge in [-0.1, -0.05) is 32.6 Å². The van der Waals surface area contributed by atoms with Crippen molar-refractivity contribution in [3.8, 4) is 0 Å². The Bertz CT molecular complexity index is 166. The maximum atomic E-state index is 5.48. The van der Waals surface area contributed by atoms with Crippen molar-refractivity contribution >= 4 is 0 Å². The summed E-state index contributed by atoms with van der Waals surface area (Å²) in [6, 6.07) is 0.682. The summed E-state index contributed by atoms with van der Waals surface area (Å²) < 4.78 is 5.48. The highest BCUT2D eigenvalue weighted by Crippen LogP contribution is 2.29. The number of ether oxygens (including phenoxy) is 1. The third kappa shape index (κ3) is 7.05. The molecule has 1 aliphatic rings. The Morgan fingerprint density at radius 2 is 1.94 bits per heavy atom. The van der Waals surface area contributed by atoms with Crippen LogP contribution in [0, 0.1) is 5.92 Å². The molecule has 1 aliphatic carbocycles. The van der Waals surface area contributed by atoms with E-state index in [1.54, 1.807) is 0 Å². The lowest BCUT2D eigenvalue weighted by Crippen LogP contribution is -2.31. The normalized spacial score (nSPS) is 18.7. The minimum atomic E-state index is 0.682. The van der Waals surface area contributed by atoms with Gasteiger partial charge in [-0.25, -0.2) is 0 Å². The van der Waals surface area contributed by atoms with E-state index in [0.717, 1.165) is 25.7 Å². The Kier molecular flexibility index (Phi) is 8.72. The van der Waals surface area contributed by atoms with Gasteiger partial charge in [0.05, 0.1) is 0 Å². The second-order valence-electron chi connectivity index (χ2n) is 5.36. The van der Waals surface area contributed by atoms with Gasteiger partial charge in [0.25, 0.3) is 0 Å². The lowest BCUT2D eigenvalue weighted by atomic mass is 9.97. The van der Waals surface area contributed by atoms with E-state index in [9.17, 15) is 0 Å². The lowest BCUT2D eigenvalue weighted by molar-refractivity contribution is 0.134. The van der Waals surface area contributed by atoms with Crippen LogP contribution in [0.25, 0.3) is 0 Å². The van der Waals surface area contributed by atoms with E-state index in [1.807, 2.05) is 0 Å². The fraction of sp³-hybridized carbons (Fsp3) is 1.00. The first-order valence-corrected chi connectivity index (χ1v) is 7.68. The summed E-state index contributed by atoms with van der Waals surface area (Å²) in [7, 11) is 0. The van der Waals surface area contributed by atoms with Crippen LogP contribution in [0.15, 0.2) is 0 Å². The molecule has 1 N–H and O–H groups in total. The second kappa shape index (κ2) is 9.90.